The number of hydrogen-bond donors (Lipinski definition) is 1. The molecule has 8 nitrogen and oxygen atoms in total. The minimum Gasteiger partial charge on any atom is -0.484 e. The van der Waals surface area contributed by atoms with Crippen molar-refractivity contribution >= 4 is 33.3 Å². The van der Waals surface area contributed by atoms with E-state index in [4.69, 9.17) is 11.6 Å². The maximum atomic E-state index is 14.1. The zero-order valence-electron chi connectivity index (χ0n) is 19.8. The van der Waals surface area contributed by atoms with Crippen molar-refractivity contribution in [2.24, 2.45) is 5.92 Å². The SMILES string of the molecule is N#CC1(NC(=O)C2(S(=O)(=O)c3ccc(OCC(F)(F)F)cc3Cl)CCCC2C(=O)N2CCC(F)(F)C2)CC1. The second-order valence-electron chi connectivity index (χ2n) is 9.85. The summed E-state index contributed by atoms with van der Waals surface area (Å²) in [5, 5.41) is 11.3. The molecule has 0 radical (unpaired) electrons. The van der Waals surface area contributed by atoms with Crippen LogP contribution in [0.1, 0.15) is 38.5 Å². The van der Waals surface area contributed by atoms with Crippen molar-refractivity contribution < 1.29 is 44.7 Å². The molecule has 0 spiro atoms. The molecule has 4 rings (SSSR count). The van der Waals surface area contributed by atoms with Crippen molar-refractivity contribution in [1.82, 2.24) is 10.2 Å². The molecule has 15 heteroatoms. The number of rotatable bonds is 7. The van der Waals surface area contributed by atoms with Crippen LogP contribution in [-0.4, -0.2) is 67.2 Å². The highest BCUT2D eigenvalue weighted by atomic mass is 35.5. The summed E-state index contributed by atoms with van der Waals surface area (Å²) in [6, 6.07) is 4.56. The Labute approximate surface area is 220 Å². The molecule has 2 amide bonds. The predicted octanol–water partition coefficient (Wildman–Crippen LogP) is 3.63. The Bertz CT molecular complexity index is 1300. The number of ether oxygens (including phenoxy) is 1. The molecule has 1 aromatic rings. The third kappa shape index (κ3) is 5.14. The van der Waals surface area contributed by atoms with Gasteiger partial charge in [0.25, 0.3) is 5.92 Å². The fourth-order valence-electron chi connectivity index (χ4n) is 5.02. The Morgan fingerprint density at radius 1 is 1.21 bits per heavy atom. The number of likely N-dealkylation sites (tertiary alicyclic amines) is 1. The molecule has 0 bridgehead atoms. The summed E-state index contributed by atoms with van der Waals surface area (Å²) in [6.07, 6.45) is -5.13. The number of carbonyl (C=O) groups is 2. The van der Waals surface area contributed by atoms with Gasteiger partial charge in [-0.25, -0.2) is 17.2 Å². The first kappa shape index (κ1) is 28.4. The highest BCUT2D eigenvalue weighted by Crippen LogP contribution is 2.49. The lowest BCUT2D eigenvalue weighted by Crippen LogP contribution is -2.60. The lowest BCUT2D eigenvalue weighted by molar-refractivity contribution is -0.153. The fraction of sp³-hybridized carbons (Fsp3) is 0.609. The van der Waals surface area contributed by atoms with Crippen molar-refractivity contribution in [3.63, 3.8) is 0 Å². The van der Waals surface area contributed by atoms with E-state index in [-0.39, 0.29) is 44.4 Å². The summed E-state index contributed by atoms with van der Waals surface area (Å²) in [6.45, 7) is -2.91. The van der Waals surface area contributed by atoms with Gasteiger partial charge < -0.3 is 15.0 Å². The molecular weight excluding hydrogens is 561 g/mol. The molecule has 38 heavy (non-hydrogen) atoms. The molecule has 3 aliphatic rings. The van der Waals surface area contributed by atoms with E-state index in [0.29, 0.717) is 0 Å². The van der Waals surface area contributed by atoms with Gasteiger partial charge in [-0.1, -0.05) is 18.0 Å². The third-order valence-corrected chi connectivity index (χ3v) is 10.2. The van der Waals surface area contributed by atoms with Crippen LogP contribution in [0.25, 0.3) is 0 Å². The first-order valence-corrected chi connectivity index (χ1v) is 13.6. The summed E-state index contributed by atoms with van der Waals surface area (Å²) >= 11 is 6.15. The molecule has 208 valence electrons. The van der Waals surface area contributed by atoms with Gasteiger partial charge >= 0.3 is 6.18 Å². The van der Waals surface area contributed by atoms with Crippen LogP contribution < -0.4 is 10.1 Å². The van der Waals surface area contributed by atoms with Crippen LogP contribution in [0.3, 0.4) is 0 Å². The van der Waals surface area contributed by atoms with Gasteiger partial charge in [0.1, 0.15) is 11.3 Å². The van der Waals surface area contributed by atoms with E-state index in [1.807, 2.05) is 6.07 Å². The quantitative estimate of drug-likeness (QED) is 0.490. The van der Waals surface area contributed by atoms with Crippen molar-refractivity contribution in [3.05, 3.63) is 23.2 Å². The number of hydrogen-bond acceptors (Lipinski definition) is 6. The topological polar surface area (TPSA) is 117 Å². The summed E-state index contributed by atoms with van der Waals surface area (Å²) in [7, 11) is -4.86. The first-order chi connectivity index (χ1) is 17.6. The van der Waals surface area contributed by atoms with Crippen LogP contribution in [0.2, 0.25) is 5.02 Å². The van der Waals surface area contributed by atoms with E-state index >= 15 is 0 Å². The number of nitriles is 1. The zero-order valence-corrected chi connectivity index (χ0v) is 21.4. The molecule has 2 unspecified atom stereocenters. The van der Waals surface area contributed by atoms with Crippen LogP contribution in [0.15, 0.2) is 23.1 Å². The van der Waals surface area contributed by atoms with E-state index < -0.39 is 79.4 Å². The van der Waals surface area contributed by atoms with Crippen LogP contribution in [0.4, 0.5) is 22.0 Å². The number of nitrogens with one attached hydrogen (secondary N) is 1. The first-order valence-electron chi connectivity index (χ1n) is 11.7. The van der Waals surface area contributed by atoms with Crippen molar-refractivity contribution in [2.45, 2.75) is 65.8 Å². The van der Waals surface area contributed by atoms with Crippen molar-refractivity contribution in [2.75, 3.05) is 19.7 Å². The van der Waals surface area contributed by atoms with Gasteiger partial charge in [-0.2, -0.15) is 18.4 Å². The van der Waals surface area contributed by atoms with Gasteiger partial charge in [-0.3, -0.25) is 9.59 Å². The molecule has 2 atom stereocenters. The Morgan fingerprint density at radius 3 is 2.42 bits per heavy atom. The molecule has 1 aliphatic heterocycles. The molecular formula is C23H23ClF5N3O5S. The minimum atomic E-state index is -4.86. The number of alkyl halides is 5. The fourth-order valence-corrected chi connectivity index (χ4v) is 7.75. The number of sulfone groups is 1. The Balaban J connectivity index is 1.75. The maximum absolute atomic E-state index is 14.1. The largest absolute Gasteiger partial charge is 0.484 e. The minimum absolute atomic E-state index is 0.0806. The molecule has 1 aromatic carbocycles. The highest BCUT2D eigenvalue weighted by molar-refractivity contribution is 7.93. The summed E-state index contributed by atoms with van der Waals surface area (Å²) < 4.78 is 95.7. The average molecular weight is 584 g/mol. The van der Waals surface area contributed by atoms with Crippen LogP contribution >= 0.6 is 11.6 Å². The van der Waals surface area contributed by atoms with E-state index in [9.17, 15) is 45.2 Å². The highest BCUT2D eigenvalue weighted by Gasteiger charge is 2.64. The summed E-state index contributed by atoms with van der Waals surface area (Å²) in [5.41, 5.74) is -1.31. The molecule has 1 heterocycles. The Hall–Kier alpha value is -2.66. The van der Waals surface area contributed by atoms with Gasteiger partial charge in [-0.05, 0) is 37.8 Å². The van der Waals surface area contributed by atoms with Gasteiger partial charge in [-0.15, -0.1) is 0 Å². The lowest BCUT2D eigenvalue weighted by Gasteiger charge is -2.35. The van der Waals surface area contributed by atoms with E-state index in [1.165, 1.54) is 0 Å². The molecule has 1 saturated heterocycles. The number of halogens is 6. The number of amides is 2. The van der Waals surface area contributed by atoms with Gasteiger partial charge in [0.05, 0.1) is 28.5 Å². The average Bonchev–Trinajstić information content (AvgIpc) is 3.27. The zero-order chi connectivity index (χ0) is 28.1. The Morgan fingerprint density at radius 2 is 1.89 bits per heavy atom. The number of nitrogens with zero attached hydrogens (tertiary/aromatic N) is 2. The van der Waals surface area contributed by atoms with Crippen LogP contribution in [-0.2, 0) is 19.4 Å². The van der Waals surface area contributed by atoms with Gasteiger partial charge in [0, 0.05) is 19.0 Å². The standard InChI is InChI=1S/C23H23ClF5N3O5S/c24-16-10-14(37-13-23(27,28)29)3-4-17(16)38(35,36)22(19(34)31-20(11-30)6-7-20)5-1-2-15(22)18(33)32-9-8-21(25,26)12-32/h3-4,10,15H,1-2,5-9,12-13H2,(H,31,34). The van der Waals surface area contributed by atoms with Gasteiger partial charge in [0.2, 0.25) is 11.8 Å². The van der Waals surface area contributed by atoms with E-state index in [1.54, 1.807) is 0 Å². The van der Waals surface area contributed by atoms with E-state index in [2.05, 4.69) is 10.1 Å². The number of benzene rings is 1. The molecule has 2 aliphatic carbocycles. The van der Waals surface area contributed by atoms with E-state index in [0.717, 1.165) is 23.1 Å². The predicted molar refractivity (Wildman–Crippen MR) is 122 cm³/mol. The Kier molecular flexibility index (Phi) is 7.10. The molecule has 2 saturated carbocycles. The summed E-state index contributed by atoms with van der Waals surface area (Å²) in [4.78, 5) is 27.3. The van der Waals surface area contributed by atoms with Gasteiger partial charge in [0.15, 0.2) is 21.2 Å². The smallest absolute Gasteiger partial charge is 0.422 e. The third-order valence-electron chi connectivity index (χ3n) is 7.16. The van der Waals surface area contributed by atoms with Crippen molar-refractivity contribution in [3.8, 4) is 11.8 Å². The second-order valence-corrected chi connectivity index (χ2v) is 12.4. The molecule has 3 fully saturated rings. The summed E-state index contributed by atoms with van der Waals surface area (Å²) in [5.74, 6) is -7.14. The molecule has 0 aromatic heterocycles. The van der Waals surface area contributed by atoms with Crippen LogP contribution in [0, 0.1) is 17.2 Å². The maximum Gasteiger partial charge on any atom is 0.422 e. The lowest BCUT2D eigenvalue weighted by atomic mass is 9.92. The van der Waals surface area contributed by atoms with Crippen LogP contribution in [0.5, 0.6) is 5.75 Å². The normalized spacial score (nSPS) is 26.0. The second kappa shape index (κ2) is 9.51. The molecule has 1 N–H and O–H groups in total. The van der Waals surface area contributed by atoms with Crippen molar-refractivity contribution in [1.29, 1.82) is 5.26 Å². The monoisotopic (exact) mass is 583 g/mol. The number of carbonyl (C=O) groups excluding carboxylic acids is 2.